The van der Waals surface area contributed by atoms with Gasteiger partial charge in [-0.1, -0.05) is 34.8 Å². The lowest BCUT2D eigenvalue weighted by Crippen LogP contribution is -2.10. The largest absolute Gasteiger partial charge is 0.482 e. The van der Waals surface area contributed by atoms with Gasteiger partial charge in [0.25, 0.3) is 0 Å². The van der Waals surface area contributed by atoms with Crippen molar-refractivity contribution in [2.45, 2.75) is 0 Å². The summed E-state index contributed by atoms with van der Waals surface area (Å²) in [6, 6.07) is 6.55. The highest BCUT2D eigenvalue weighted by Gasteiger charge is 2.13. The topological polar surface area (TPSA) is 26.3 Å². The number of benzene rings is 1. The van der Waals surface area contributed by atoms with Gasteiger partial charge in [-0.05, 0) is 40.2 Å². The van der Waals surface area contributed by atoms with Crippen LogP contribution in [0.5, 0.6) is 5.75 Å². The van der Waals surface area contributed by atoms with Gasteiger partial charge in [0.1, 0.15) is 0 Å². The molecule has 1 aromatic carbocycles. The van der Waals surface area contributed by atoms with Gasteiger partial charge in [-0.15, -0.1) is 11.3 Å². The summed E-state index contributed by atoms with van der Waals surface area (Å²) in [5.74, 6) is 0.120. The number of hydrogen-bond acceptors (Lipinski definition) is 3. The van der Waals surface area contributed by atoms with Crippen LogP contribution in [0.4, 0.5) is 0 Å². The van der Waals surface area contributed by atoms with E-state index in [4.69, 9.17) is 39.5 Å². The molecule has 0 aliphatic rings. The second kappa shape index (κ2) is 6.46. The summed E-state index contributed by atoms with van der Waals surface area (Å²) < 4.78 is 6.25. The van der Waals surface area contributed by atoms with Gasteiger partial charge in [-0.3, -0.25) is 4.79 Å². The summed E-state index contributed by atoms with van der Waals surface area (Å²) in [4.78, 5) is 12.5. The zero-order valence-corrected chi connectivity index (χ0v) is 13.9. The van der Waals surface area contributed by atoms with E-state index in [1.807, 2.05) is 0 Å². The van der Waals surface area contributed by atoms with Crippen LogP contribution in [0.15, 0.2) is 28.1 Å². The van der Waals surface area contributed by atoms with Gasteiger partial charge >= 0.3 is 0 Å². The van der Waals surface area contributed by atoms with Crippen molar-refractivity contribution in [1.29, 1.82) is 0 Å². The number of ether oxygens (including phenoxy) is 1. The zero-order chi connectivity index (χ0) is 14.0. The molecule has 0 aliphatic carbocycles. The summed E-state index contributed by atoms with van der Waals surface area (Å²) in [6.07, 6.45) is 0. The van der Waals surface area contributed by atoms with Crippen molar-refractivity contribution < 1.29 is 9.53 Å². The Morgan fingerprint density at radius 3 is 2.37 bits per heavy atom. The molecule has 0 aliphatic heterocycles. The van der Waals surface area contributed by atoms with Gasteiger partial charge in [0.05, 0.1) is 18.7 Å². The standard InChI is InChI=1S/C12H6BrCl3O2S/c13-11-2-1-10(19-11)9(17)5-18-12-7(15)3-6(14)4-8(12)16/h1-4H,5H2. The molecule has 0 amide bonds. The molecule has 0 saturated carbocycles. The third kappa shape index (κ3) is 3.86. The van der Waals surface area contributed by atoms with Gasteiger partial charge in [-0.2, -0.15) is 0 Å². The number of thiophene rings is 1. The van der Waals surface area contributed by atoms with E-state index in [9.17, 15) is 4.79 Å². The molecular weight excluding hydrogens is 394 g/mol. The minimum absolute atomic E-state index is 0.131. The summed E-state index contributed by atoms with van der Waals surface area (Å²) in [5.41, 5.74) is 0. The second-order valence-corrected chi connectivity index (χ2v) is 7.23. The minimum atomic E-state index is -0.141. The van der Waals surface area contributed by atoms with E-state index in [0.717, 1.165) is 3.79 Å². The first kappa shape index (κ1) is 15.1. The number of carbonyl (C=O) groups is 1. The highest BCUT2D eigenvalue weighted by molar-refractivity contribution is 9.11. The van der Waals surface area contributed by atoms with Crippen molar-refractivity contribution in [1.82, 2.24) is 0 Å². The van der Waals surface area contributed by atoms with Gasteiger partial charge < -0.3 is 4.74 Å². The molecule has 7 heteroatoms. The summed E-state index contributed by atoms with van der Waals surface area (Å²) in [6.45, 7) is -0.131. The van der Waals surface area contributed by atoms with Gasteiger partial charge in [0.15, 0.2) is 12.4 Å². The molecule has 1 heterocycles. The molecule has 0 saturated heterocycles. The van der Waals surface area contributed by atoms with Crippen LogP contribution in [-0.4, -0.2) is 12.4 Å². The molecule has 0 radical (unpaired) electrons. The van der Waals surface area contributed by atoms with Crippen molar-refractivity contribution >= 4 is 67.9 Å². The number of ketones is 1. The normalized spacial score (nSPS) is 10.5. The summed E-state index contributed by atoms with van der Waals surface area (Å²) in [7, 11) is 0. The number of rotatable bonds is 4. The Labute approximate surface area is 137 Å². The molecule has 2 nitrogen and oxygen atoms in total. The highest BCUT2D eigenvalue weighted by Crippen LogP contribution is 2.36. The van der Waals surface area contributed by atoms with Crippen molar-refractivity contribution in [3.8, 4) is 5.75 Å². The van der Waals surface area contributed by atoms with Crippen molar-refractivity contribution in [3.63, 3.8) is 0 Å². The fourth-order valence-corrected chi connectivity index (χ4v) is 3.58. The fourth-order valence-electron chi connectivity index (χ4n) is 1.34. The molecule has 100 valence electrons. The van der Waals surface area contributed by atoms with E-state index in [1.54, 1.807) is 12.1 Å². The van der Waals surface area contributed by atoms with Crippen LogP contribution in [0.25, 0.3) is 0 Å². The van der Waals surface area contributed by atoms with Gasteiger partial charge in [-0.25, -0.2) is 0 Å². The molecular formula is C12H6BrCl3O2S. The smallest absolute Gasteiger partial charge is 0.210 e. The van der Waals surface area contributed by atoms with Crippen molar-refractivity contribution in [2.24, 2.45) is 0 Å². The van der Waals surface area contributed by atoms with Gasteiger partial charge in [0.2, 0.25) is 5.78 Å². The highest BCUT2D eigenvalue weighted by atomic mass is 79.9. The first-order valence-corrected chi connectivity index (χ1v) is 7.77. The van der Waals surface area contributed by atoms with Gasteiger partial charge in [0, 0.05) is 5.02 Å². The van der Waals surface area contributed by atoms with Crippen LogP contribution in [0.3, 0.4) is 0 Å². The summed E-state index contributed by atoms with van der Waals surface area (Å²) in [5, 5.41) is 0.964. The molecule has 2 aromatic rings. The average Bonchev–Trinajstić information content (AvgIpc) is 2.74. The Hall–Kier alpha value is -0.260. The molecule has 0 atom stereocenters. The first-order valence-electron chi connectivity index (χ1n) is 5.03. The Kier molecular flexibility index (Phi) is 5.15. The average molecular weight is 401 g/mol. The van der Waals surface area contributed by atoms with Crippen LogP contribution in [-0.2, 0) is 0 Å². The predicted molar refractivity (Wildman–Crippen MR) is 83.3 cm³/mol. The molecule has 0 fully saturated rings. The third-order valence-corrected chi connectivity index (χ3v) is 4.60. The molecule has 0 N–H and O–H groups in total. The Bertz CT molecular complexity index is 604. The van der Waals surface area contributed by atoms with Crippen LogP contribution in [0.2, 0.25) is 15.1 Å². The van der Waals surface area contributed by atoms with Crippen LogP contribution in [0.1, 0.15) is 9.67 Å². The molecule has 0 spiro atoms. The van der Waals surface area contributed by atoms with Crippen LogP contribution < -0.4 is 4.74 Å². The molecule has 1 aromatic heterocycles. The SMILES string of the molecule is O=C(COc1c(Cl)cc(Cl)cc1Cl)c1ccc(Br)s1. The van der Waals surface area contributed by atoms with Crippen LogP contribution in [0, 0.1) is 0 Å². The number of Topliss-reactive ketones (excluding diaryl/α,β-unsaturated/α-hetero) is 1. The molecule has 0 bridgehead atoms. The maximum Gasteiger partial charge on any atom is 0.210 e. The summed E-state index contributed by atoms with van der Waals surface area (Å²) >= 11 is 22.3. The van der Waals surface area contributed by atoms with E-state index in [-0.39, 0.29) is 28.2 Å². The maximum atomic E-state index is 11.9. The zero-order valence-electron chi connectivity index (χ0n) is 9.25. The molecule has 0 unspecified atom stereocenters. The molecule has 19 heavy (non-hydrogen) atoms. The lowest BCUT2D eigenvalue weighted by atomic mass is 10.3. The Balaban J connectivity index is 2.09. The minimum Gasteiger partial charge on any atom is -0.482 e. The van der Waals surface area contributed by atoms with E-state index in [0.29, 0.717) is 9.90 Å². The first-order chi connectivity index (χ1) is 8.97. The van der Waals surface area contributed by atoms with E-state index in [1.165, 1.54) is 23.5 Å². The lowest BCUT2D eigenvalue weighted by molar-refractivity contribution is 0.0926. The Morgan fingerprint density at radius 2 is 1.84 bits per heavy atom. The second-order valence-electron chi connectivity index (χ2n) is 3.51. The van der Waals surface area contributed by atoms with Crippen LogP contribution >= 0.6 is 62.1 Å². The van der Waals surface area contributed by atoms with E-state index >= 15 is 0 Å². The fraction of sp³-hybridized carbons (Fsp3) is 0.0833. The van der Waals surface area contributed by atoms with E-state index < -0.39 is 0 Å². The third-order valence-electron chi connectivity index (χ3n) is 2.16. The van der Waals surface area contributed by atoms with Crippen molar-refractivity contribution in [2.75, 3.05) is 6.61 Å². The number of carbonyl (C=O) groups excluding carboxylic acids is 1. The van der Waals surface area contributed by atoms with Crippen molar-refractivity contribution in [3.05, 3.63) is 48.0 Å². The predicted octanol–water partition coefficient (Wildman–Crippen LogP) is 5.73. The lowest BCUT2D eigenvalue weighted by Gasteiger charge is -2.09. The monoisotopic (exact) mass is 398 g/mol. The Morgan fingerprint density at radius 1 is 1.21 bits per heavy atom. The van der Waals surface area contributed by atoms with E-state index in [2.05, 4.69) is 15.9 Å². The maximum absolute atomic E-state index is 11.9. The molecule has 2 rings (SSSR count). The number of halogens is 4. The quantitative estimate of drug-likeness (QED) is 0.613. The number of hydrogen-bond donors (Lipinski definition) is 0.